The van der Waals surface area contributed by atoms with Crippen LogP contribution in [0.25, 0.3) is 0 Å². The minimum absolute atomic E-state index is 0.0907. The van der Waals surface area contributed by atoms with Crippen LogP contribution in [-0.4, -0.2) is 52.3 Å². The fraction of sp³-hybridized carbons (Fsp3) is 0.650. The molecule has 6 heteroatoms. The van der Waals surface area contributed by atoms with Gasteiger partial charge in [0.2, 0.25) is 0 Å². The number of nitrogens with zero attached hydrogens (tertiary/aromatic N) is 6. The average Bonchev–Trinajstić information content (AvgIpc) is 3.07. The summed E-state index contributed by atoms with van der Waals surface area (Å²) in [7, 11) is 4.14. The van der Waals surface area contributed by atoms with Crippen LogP contribution in [-0.2, 0) is 5.54 Å². The van der Waals surface area contributed by atoms with Gasteiger partial charge in [-0.25, -0.2) is 4.68 Å². The van der Waals surface area contributed by atoms with Gasteiger partial charge in [-0.1, -0.05) is 19.1 Å². The van der Waals surface area contributed by atoms with Crippen molar-refractivity contribution in [1.82, 2.24) is 25.1 Å². The van der Waals surface area contributed by atoms with E-state index in [1.807, 2.05) is 4.68 Å². The molecular weight excluding hydrogens is 324 g/mol. The SMILES string of the molecule is CC1CCN([C@@H](c2ccc(N(C)C)cc2)c2nnnn2C(C)(C)C)CC1. The molecule has 3 rings (SSSR count). The van der Waals surface area contributed by atoms with Crippen molar-refractivity contribution in [3.8, 4) is 0 Å². The Hall–Kier alpha value is -1.95. The van der Waals surface area contributed by atoms with E-state index in [2.05, 4.69) is 91.4 Å². The molecule has 26 heavy (non-hydrogen) atoms. The quantitative estimate of drug-likeness (QED) is 0.841. The van der Waals surface area contributed by atoms with Crippen LogP contribution in [0.3, 0.4) is 0 Å². The maximum absolute atomic E-state index is 4.46. The Morgan fingerprint density at radius 3 is 2.23 bits per heavy atom. The minimum Gasteiger partial charge on any atom is -0.378 e. The second-order valence-corrected chi connectivity index (χ2v) is 8.73. The number of benzene rings is 1. The van der Waals surface area contributed by atoms with E-state index in [0.717, 1.165) is 24.8 Å². The van der Waals surface area contributed by atoms with Crippen LogP contribution in [0, 0.1) is 5.92 Å². The van der Waals surface area contributed by atoms with Crippen LogP contribution in [0.15, 0.2) is 24.3 Å². The molecule has 0 unspecified atom stereocenters. The van der Waals surface area contributed by atoms with Gasteiger partial charge >= 0.3 is 0 Å². The van der Waals surface area contributed by atoms with Crippen LogP contribution in [0.5, 0.6) is 0 Å². The molecule has 1 saturated heterocycles. The van der Waals surface area contributed by atoms with E-state index < -0.39 is 0 Å². The number of tetrazole rings is 1. The summed E-state index contributed by atoms with van der Waals surface area (Å²) >= 11 is 0. The second kappa shape index (κ2) is 7.35. The third-order valence-electron chi connectivity index (χ3n) is 5.28. The van der Waals surface area contributed by atoms with Crippen LogP contribution in [0.1, 0.15) is 58.0 Å². The van der Waals surface area contributed by atoms with Gasteiger partial charge in [0.25, 0.3) is 0 Å². The average molecular weight is 357 g/mol. The molecule has 0 saturated carbocycles. The molecule has 2 heterocycles. The highest BCUT2D eigenvalue weighted by Gasteiger charge is 2.32. The summed E-state index contributed by atoms with van der Waals surface area (Å²) in [6.07, 6.45) is 2.45. The van der Waals surface area contributed by atoms with Crippen LogP contribution >= 0.6 is 0 Å². The largest absolute Gasteiger partial charge is 0.378 e. The van der Waals surface area contributed by atoms with Crippen molar-refractivity contribution in [2.75, 3.05) is 32.1 Å². The molecule has 1 aliphatic rings. The maximum Gasteiger partial charge on any atom is 0.173 e. The fourth-order valence-corrected chi connectivity index (χ4v) is 3.61. The predicted molar refractivity (Wildman–Crippen MR) is 105 cm³/mol. The van der Waals surface area contributed by atoms with Gasteiger partial charge in [0, 0.05) is 19.8 Å². The van der Waals surface area contributed by atoms with Crippen molar-refractivity contribution in [3.63, 3.8) is 0 Å². The number of rotatable bonds is 4. The first-order valence-electron chi connectivity index (χ1n) is 9.57. The lowest BCUT2D eigenvalue weighted by Gasteiger charge is -2.37. The maximum atomic E-state index is 4.46. The Labute approximate surface area is 157 Å². The van der Waals surface area contributed by atoms with Crippen molar-refractivity contribution in [2.45, 2.75) is 52.1 Å². The lowest BCUT2D eigenvalue weighted by molar-refractivity contribution is 0.145. The Morgan fingerprint density at radius 1 is 1.08 bits per heavy atom. The smallest absolute Gasteiger partial charge is 0.173 e. The minimum atomic E-state index is -0.149. The molecule has 1 fully saturated rings. The molecule has 0 spiro atoms. The van der Waals surface area contributed by atoms with E-state index in [1.54, 1.807) is 0 Å². The molecule has 1 aromatic carbocycles. The third-order valence-corrected chi connectivity index (χ3v) is 5.28. The van der Waals surface area contributed by atoms with E-state index in [1.165, 1.54) is 24.1 Å². The summed E-state index contributed by atoms with van der Waals surface area (Å²) in [5, 5.41) is 12.8. The summed E-state index contributed by atoms with van der Waals surface area (Å²) in [6.45, 7) is 11.0. The van der Waals surface area contributed by atoms with E-state index in [0.29, 0.717) is 0 Å². The Balaban J connectivity index is 2.01. The Bertz CT molecular complexity index is 705. The highest BCUT2D eigenvalue weighted by molar-refractivity contribution is 5.47. The van der Waals surface area contributed by atoms with E-state index >= 15 is 0 Å². The number of piperidine rings is 1. The molecule has 1 atom stereocenters. The van der Waals surface area contributed by atoms with Crippen LogP contribution in [0.4, 0.5) is 5.69 Å². The first-order chi connectivity index (χ1) is 12.3. The lowest BCUT2D eigenvalue weighted by Crippen LogP contribution is -2.39. The molecular formula is C20H32N6. The molecule has 6 nitrogen and oxygen atoms in total. The molecule has 0 N–H and O–H groups in total. The first kappa shape index (κ1) is 18.8. The summed E-state index contributed by atoms with van der Waals surface area (Å²) in [5.41, 5.74) is 2.31. The van der Waals surface area contributed by atoms with Gasteiger partial charge in [0.15, 0.2) is 5.82 Å². The summed E-state index contributed by atoms with van der Waals surface area (Å²) < 4.78 is 1.98. The summed E-state index contributed by atoms with van der Waals surface area (Å²) in [4.78, 5) is 4.67. The summed E-state index contributed by atoms with van der Waals surface area (Å²) in [5.74, 6) is 1.73. The van der Waals surface area contributed by atoms with Gasteiger partial charge in [0.1, 0.15) is 0 Å². The highest BCUT2D eigenvalue weighted by atomic mass is 15.6. The first-order valence-corrected chi connectivity index (χ1v) is 9.57. The molecule has 1 aliphatic heterocycles. The van der Waals surface area contributed by atoms with Crippen molar-refractivity contribution >= 4 is 5.69 Å². The van der Waals surface area contributed by atoms with Crippen molar-refractivity contribution in [1.29, 1.82) is 0 Å². The molecule has 0 aliphatic carbocycles. The Kier molecular flexibility index (Phi) is 5.32. The standard InChI is InChI=1S/C20H32N6/c1-15-11-13-25(14-12-15)18(16-7-9-17(10-8-16)24(5)6)19-21-22-23-26(19)20(2,3)4/h7-10,15,18H,11-14H2,1-6H3/t18-/m0/s1. The van der Waals surface area contributed by atoms with Gasteiger partial charge in [-0.3, -0.25) is 4.90 Å². The van der Waals surface area contributed by atoms with Gasteiger partial charge in [-0.05, 0) is 80.7 Å². The van der Waals surface area contributed by atoms with Crippen LogP contribution in [0.2, 0.25) is 0 Å². The number of aromatic nitrogens is 4. The van der Waals surface area contributed by atoms with Crippen molar-refractivity contribution in [3.05, 3.63) is 35.7 Å². The number of hydrogen-bond donors (Lipinski definition) is 0. The fourth-order valence-electron chi connectivity index (χ4n) is 3.61. The Morgan fingerprint density at radius 2 is 1.69 bits per heavy atom. The zero-order chi connectivity index (χ0) is 18.9. The number of likely N-dealkylation sites (tertiary alicyclic amines) is 1. The van der Waals surface area contributed by atoms with Crippen LogP contribution < -0.4 is 4.90 Å². The van der Waals surface area contributed by atoms with Gasteiger partial charge in [-0.2, -0.15) is 0 Å². The molecule has 0 amide bonds. The molecule has 0 radical (unpaired) electrons. The monoisotopic (exact) mass is 356 g/mol. The number of hydrogen-bond acceptors (Lipinski definition) is 5. The van der Waals surface area contributed by atoms with Gasteiger partial charge in [0.05, 0.1) is 11.6 Å². The van der Waals surface area contributed by atoms with E-state index in [4.69, 9.17) is 0 Å². The summed E-state index contributed by atoms with van der Waals surface area (Å²) in [6, 6.07) is 8.90. The normalized spacial score (nSPS) is 18.1. The third kappa shape index (κ3) is 3.90. The topological polar surface area (TPSA) is 50.1 Å². The second-order valence-electron chi connectivity index (χ2n) is 8.73. The predicted octanol–water partition coefficient (Wildman–Crippen LogP) is 3.32. The van der Waals surface area contributed by atoms with Gasteiger partial charge in [-0.15, -0.1) is 5.10 Å². The van der Waals surface area contributed by atoms with Crippen molar-refractivity contribution in [2.24, 2.45) is 5.92 Å². The van der Waals surface area contributed by atoms with Crippen molar-refractivity contribution < 1.29 is 0 Å². The zero-order valence-corrected chi connectivity index (χ0v) is 17.0. The number of anilines is 1. The van der Waals surface area contributed by atoms with E-state index in [-0.39, 0.29) is 11.6 Å². The molecule has 2 aromatic rings. The molecule has 0 bridgehead atoms. The van der Waals surface area contributed by atoms with E-state index in [9.17, 15) is 0 Å². The lowest BCUT2D eigenvalue weighted by atomic mass is 9.95. The molecule has 1 aromatic heterocycles. The molecule has 142 valence electrons. The zero-order valence-electron chi connectivity index (χ0n) is 17.0. The van der Waals surface area contributed by atoms with Gasteiger partial charge < -0.3 is 4.90 Å². The highest BCUT2D eigenvalue weighted by Crippen LogP contribution is 2.33.